The summed E-state index contributed by atoms with van der Waals surface area (Å²) in [5, 5.41) is 0.691. The molecule has 0 bridgehead atoms. The van der Waals surface area contributed by atoms with Gasteiger partial charge >= 0.3 is 0 Å². The van der Waals surface area contributed by atoms with Crippen LogP contribution in [-0.2, 0) is 12.8 Å². The molecule has 0 atom stereocenters. The van der Waals surface area contributed by atoms with E-state index >= 15 is 0 Å². The number of aryl methyl sites for hydroxylation is 2. The van der Waals surface area contributed by atoms with Gasteiger partial charge < -0.3 is 4.98 Å². The molecule has 2 heterocycles. The molecule has 0 aliphatic heterocycles. The van der Waals surface area contributed by atoms with Gasteiger partial charge in [0.25, 0.3) is 0 Å². The molecule has 3 aromatic rings. The maximum absolute atomic E-state index is 6.10. The van der Waals surface area contributed by atoms with Crippen LogP contribution in [0.25, 0.3) is 11.0 Å². The zero-order valence-corrected chi connectivity index (χ0v) is 10.5. The number of hydrogen-bond donors (Lipinski definition) is 1. The highest BCUT2D eigenvalue weighted by Crippen LogP contribution is 2.21. The number of halogens is 1. The molecule has 0 radical (unpaired) electrons. The van der Waals surface area contributed by atoms with Gasteiger partial charge in [0.05, 0.1) is 10.5 Å². The van der Waals surface area contributed by atoms with Crippen molar-refractivity contribution in [3.8, 4) is 0 Å². The Morgan fingerprint density at radius 2 is 2.06 bits per heavy atom. The second kappa shape index (κ2) is 4.78. The normalized spacial score (nSPS) is 10.9. The van der Waals surface area contributed by atoms with E-state index in [2.05, 4.69) is 21.0 Å². The van der Waals surface area contributed by atoms with Crippen molar-refractivity contribution >= 4 is 22.6 Å². The van der Waals surface area contributed by atoms with E-state index in [1.807, 2.05) is 30.5 Å². The molecule has 2 aromatic heterocycles. The third kappa shape index (κ3) is 2.22. The number of rotatable bonds is 3. The number of benzene rings is 1. The van der Waals surface area contributed by atoms with Gasteiger partial charge in [-0.25, -0.2) is 4.98 Å². The zero-order valence-electron chi connectivity index (χ0n) is 9.73. The molecule has 1 N–H and O–H groups in total. The van der Waals surface area contributed by atoms with Gasteiger partial charge in [-0.05, 0) is 30.2 Å². The molecule has 0 amide bonds. The molecule has 0 saturated heterocycles. The van der Waals surface area contributed by atoms with E-state index in [0.29, 0.717) is 5.02 Å². The summed E-state index contributed by atoms with van der Waals surface area (Å²) in [6.45, 7) is 0. The summed E-state index contributed by atoms with van der Waals surface area (Å²) in [6.07, 6.45) is 5.45. The number of aromatic amines is 1. The number of pyridine rings is 1. The number of imidazole rings is 1. The summed E-state index contributed by atoms with van der Waals surface area (Å²) in [5.74, 6) is 0.960. The first-order chi connectivity index (χ1) is 8.83. The summed E-state index contributed by atoms with van der Waals surface area (Å²) < 4.78 is 0. The molecule has 1 aromatic carbocycles. The van der Waals surface area contributed by atoms with Gasteiger partial charge in [0.1, 0.15) is 11.3 Å². The Morgan fingerprint density at radius 1 is 1.11 bits per heavy atom. The molecule has 0 aliphatic rings. The Balaban J connectivity index is 1.81. The third-order valence-electron chi connectivity index (χ3n) is 2.89. The van der Waals surface area contributed by atoms with E-state index in [1.165, 1.54) is 5.56 Å². The van der Waals surface area contributed by atoms with Gasteiger partial charge in [-0.2, -0.15) is 0 Å². The fourth-order valence-corrected chi connectivity index (χ4v) is 2.19. The Morgan fingerprint density at radius 3 is 2.83 bits per heavy atom. The summed E-state index contributed by atoms with van der Waals surface area (Å²) in [6, 6.07) is 9.79. The number of nitrogens with one attached hydrogen (secondary N) is 1. The van der Waals surface area contributed by atoms with Crippen molar-refractivity contribution < 1.29 is 0 Å². The van der Waals surface area contributed by atoms with Crippen LogP contribution in [0.1, 0.15) is 11.4 Å². The minimum atomic E-state index is 0.691. The Labute approximate surface area is 110 Å². The van der Waals surface area contributed by atoms with Crippen molar-refractivity contribution in [3.63, 3.8) is 0 Å². The van der Waals surface area contributed by atoms with Crippen molar-refractivity contribution in [3.05, 3.63) is 59.1 Å². The molecule has 0 spiro atoms. The Kier molecular flexibility index (Phi) is 2.99. The smallest absolute Gasteiger partial charge is 0.107 e. The molecule has 0 fully saturated rings. The standard InChI is InChI=1S/C14H12ClN3/c15-11-4-1-5-12-14(11)18-13(17-12)7-6-10-3-2-8-16-9-10/h1-5,8-9H,6-7H2,(H,17,18). The molecule has 90 valence electrons. The second-order valence-corrected chi connectivity index (χ2v) is 4.59. The van der Waals surface area contributed by atoms with Crippen LogP contribution in [0.3, 0.4) is 0 Å². The lowest BCUT2D eigenvalue weighted by Gasteiger charge is -1.97. The van der Waals surface area contributed by atoms with E-state index in [4.69, 9.17) is 11.6 Å². The summed E-state index contributed by atoms with van der Waals surface area (Å²) in [5.41, 5.74) is 3.05. The van der Waals surface area contributed by atoms with Crippen LogP contribution in [0.4, 0.5) is 0 Å². The first kappa shape index (κ1) is 11.2. The number of aromatic nitrogens is 3. The highest BCUT2D eigenvalue weighted by molar-refractivity contribution is 6.34. The maximum Gasteiger partial charge on any atom is 0.107 e. The van der Waals surface area contributed by atoms with Crippen LogP contribution in [0, 0.1) is 0 Å². The highest BCUT2D eigenvalue weighted by atomic mass is 35.5. The van der Waals surface area contributed by atoms with Crippen LogP contribution in [0.5, 0.6) is 0 Å². The third-order valence-corrected chi connectivity index (χ3v) is 3.19. The Hall–Kier alpha value is -1.87. The largest absolute Gasteiger partial charge is 0.342 e. The monoisotopic (exact) mass is 257 g/mol. The van der Waals surface area contributed by atoms with E-state index in [9.17, 15) is 0 Å². The quantitative estimate of drug-likeness (QED) is 0.781. The molecule has 0 aliphatic carbocycles. The minimum absolute atomic E-state index is 0.691. The molecule has 18 heavy (non-hydrogen) atoms. The number of para-hydroxylation sites is 1. The fourth-order valence-electron chi connectivity index (χ4n) is 1.98. The van der Waals surface area contributed by atoms with Crippen LogP contribution in [-0.4, -0.2) is 15.0 Å². The van der Waals surface area contributed by atoms with Gasteiger partial charge in [0, 0.05) is 18.8 Å². The van der Waals surface area contributed by atoms with Crippen molar-refractivity contribution in [1.29, 1.82) is 0 Å². The van der Waals surface area contributed by atoms with Crippen molar-refractivity contribution in [1.82, 2.24) is 15.0 Å². The SMILES string of the molecule is Clc1cccc2[nH]c(CCc3cccnc3)nc12. The minimum Gasteiger partial charge on any atom is -0.342 e. The zero-order chi connectivity index (χ0) is 12.4. The van der Waals surface area contributed by atoms with E-state index in [0.717, 1.165) is 29.7 Å². The van der Waals surface area contributed by atoms with Gasteiger partial charge in [-0.1, -0.05) is 23.7 Å². The van der Waals surface area contributed by atoms with Crippen molar-refractivity contribution in [2.75, 3.05) is 0 Å². The molecule has 4 heteroatoms. The molecule has 3 nitrogen and oxygen atoms in total. The lowest BCUT2D eigenvalue weighted by Crippen LogP contribution is -1.93. The topological polar surface area (TPSA) is 41.6 Å². The first-order valence-electron chi connectivity index (χ1n) is 5.85. The van der Waals surface area contributed by atoms with Crippen LogP contribution < -0.4 is 0 Å². The number of nitrogens with zero attached hydrogens (tertiary/aromatic N) is 2. The summed E-state index contributed by atoms with van der Waals surface area (Å²) in [7, 11) is 0. The molecule has 0 unspecified atom stereocenters. The maximum atomic E-state index is 6.10. The van der Waals surface area contributed by atoms with Crippen LogP contribution in [0.15, 0.2) is 42.7 Å². The Bertz CT molecular complexity index is 661. The second-order valence-electron chi connectivity index (χ2n) is 4.18. The van der Waals surface area contributed by atoms with E-state index in [1.54, 1.807) is 6.20 Å². The first-order valence-corrected chi connectivity index (χ1v) is 6.23. The van der Waals surface area contributed by atoms with Crippen molar-refractivity contribution in [2.45, 2.75) is 12.8 Å². The summed E-state index contributed by atoms with van der Waals surface area (Å²) in [4.78, 5) is 11.9. The van der Waals surface area contributed by atoms with Gasteiger partial charge in [-0.3, -0.25) is 4.98 Å². The van der Waals surface area contributed by atoms with Gasteiger partial charge in [0.2, 0.25) is 0 Å². The molecule has 0 saturated carbocycles. The lowest BCUT2D eigenvalue weighted by atomic mass is 10.1. The molecule has 3 rings (SSSR count). The lowest BCUT2D eigenvalue weighted by molar-refractivity contribution is 0.884. The number of hydrogen-bond acceptors (Lipinski definition) is 2. The number of fused-ring (bicyclic) bond motifs is 1. The fraction of sp³-hybridized carbons (Fsp3) is 0.143. The predicted octanol–water partition coefficient (Wildman–Crippen LogP) is 3.40. The number of H-pyrrole nitrogens is 1. The average molecular weight is 258 g/mol. The van der Waals surface area contributed by atoms with E-state index < -0.39 is 0 Å². The summed E-state index contributed by atoms with van der Waals surface area (Å²) >= 11 is 6.10. The predicted molar refractivity (Wildman–Crippen MR) is 72.7 cm³/mol. The van der Waals surface area contributed by atoms with Crippen molar-refractivity contribution in [2.24, 2.45) is 0 Å². The van der Waals surface area contributed by atoms with Gasteiger partial charge in [-0.15, -0.1) is 0 Å². The highest BCUT2D eigenvalue weighted by Gasteiger charge is 2.05. The molecular formula is C14H12ClN3. The average Bonchev–Trinajstić information content (AvgIpc) is 2.82. The van der Waals surface area contributed by atoms with Gasteiger partial charge in [0.15, 0.2) is 0 Å². The molecular weight excluding hydrogens is 246 g/mol. The van der Waals surface area contributed by atoms with Crippen LogP contribution >= 0.6 is 11.6 Å². The van der Waals surface area contributed by atoms with E-state index in [-0.39, 0.29) is 0 Å². The van der Waals surface area contributed by atoms with Crippen LogP contribution in [0.2, 0.25) is 5.02 Å².